The Labute approximate surface area is 94.2 Å². The molecule has 0 saturated carbocycles. The van der Waals surface area contributed by atoms with Crippen molar-refractivity contribution in [3.63, 3.8) is 0 Å². The Hall–Kier alpha value is -1.36. The summed E-state index contributed by atoms with van der Waals surface area (Å²) in [6, 6.07) is 1.74. The molecule has 5 heteroatoms. The van der Waals surface area contributed by atoms with Crippen molar-refractivity contribution in [2.24, 2.45) is 0 Å². The van der Waals surface area contributed by atoms with Gasteiger partial charge in [0.05, 0.1) is 12.1 Å². The van der Waals surface area contributed by atoms with E-state index in [1.807, 2.05) is 13.8 Å². The molecule has 1 aliphatic heterocycles. The first-order valence-electron chi connectivity index (χ1n) is 5.67. The second kappa shape index (κ2) is 4.65. The molecule has 2 atom stereocenters. The van der Waals surface area contributed by atoms with Crippen molar-refractivity contribution < 1.29 is 4.74 Å². The highest BCUT2D eigenvalue weighted by Gasteiger charge is 2.24. The van der Waals surface area contributed by atoms with Gasteiger partial charge in [-0.2, -0.15) is 0 Å². The molecule has 16 heavy (non-hydrogen) atoms. The van der Waals surface area contributed by atoms with Crippen molar-refractivity contribution >= 4 is 5.82 Å². The van der Waals surface area contributed by atoms with Crippen molar-refractivity contribution in [1.82, 2.24) is 9.97 Å². The van der Waals surface area contributed by atoms with E-state index in [9.17, 15) is 4.79 Å². The molecule has 0 spiro atoms. The molecule has 2 rings (SSSR count). The fraction of sp³-hybridized carbons (Fsp3) is 0.636. The summed E-state index contributed by atoms with van der Waals surface area (Å²) >= 11 is 0. The second-order valence-electron chi connectivity index (χ2n) is 4.05. The molecular formula is C11H17N3O2. The molecule has 0 amide bonds. The number of hydrogen-bond donors (Lipinski definition) is 2. The zero-order valence-corrected chi connectivity index (χ0v) is 9.62. The van der Waals surface area contributed by atoms with Crippen molar-refractivity contribution in [2.75, 3.05) is 11.9 Å². The molecule has 5 nitrogen and oxygen atoms in total. The molecular weight excluding hydrogens is 206 g/mol. The lowest BCUT2D eigenvalue weighted by molar-refractivity contribution is 0.121. The average Bonchev–Trinajstić information content (AvgIpc) is 2.63. The third-order valence-electron chi connectivity index (χ3n) is 2.84. The number of hydrogen-bond acceptors (Lipinski definition) is 4. The average molecular weight is 223 g/mol. The van der Waals surface area contributed by atoms with E-state index in [2.05, 4.69) is 15.3 Å². The van der Waals surface area contributed by atoms with E-state index in [1.54, 1.807) is 0 Å². The molecule has 1 aliphatic rings. The van der Waals surface area contributed by atoms with E-state index in [1.165, 1.54) is 6.07 Å². The SMILES string of the molecule is CCc1nc(NC2CCOC2C)cc(=O)[nH]1. The van der Waals surface area contributed by atoms with E-state index in [0.717, 1.165) is 19.4 Å². The Bertz CT molecular complexity index is 416. The largest absolute Gasteiger partial charge is 0.376 e. The first kappa shape index (κ1) is 11.1. The van der Waals surface area contributed by atoms with Crippen LogP contribution < -0.4 is 10.9 Å². The van der Waals surface area contributed by atoms with Gasteiger partial charge in [-0.3, -0.25) is 4.79 Å². The minimum absolute atomic E-state index is 0.110. The predicted octanol–water partition coefficient (Wildman–Crippen LogP) is 0.922. The fourth-order valence-electron chi connectivity index (χ4n) is 1.86. The van der Waals surface area contributed by atoms with E-state index < -0.39 is 0 Å². The molecule has 2 unspecified atom stereocenters. The van der Waals surface area contributed by atoms with Crippen LogP contribution in [-0.4, -0.2) is 28.7 Å². The van der Waals surface area contributed by atoms with Gasteiger partial charge in [0.15, 0.2) is 0 Å². The Kier molecular flexibility index (Phi) is 3.24. The quantitative estimate of drug-likeness (QED) is 0.799. The minimum atomic E-state index is -0.110. The smallest absolute Gasteiger partial charge is 0.252 e. The first-order valence-corrected chi connectivity index (χ1v) is 5.67. The van der Waals surface area contributed by atoms with Crippen LogP contribution >= 0.6 is 0 Å². The summed E-state index contributed by atoms with van der Waals surface area (Å²) in [5.41, 5.74) is -0.110. The highest BCUT2D eigenvalue weighted by Crippen LogP contribution is 2.16. The minimum Gasteiger partial charge on any atom is -0.376 e. The maximum absolute atomic E-state index is 11.4. The highest BCUT2D eigenvalue weighted by atomic mass is 16.5. The third kappa shape index (κ3) is 2.41. The summed E-state index contributed by atoms with van der Waals surface area (Å²) in [5, 5.41) is 3.25. The second-order valence-corrected chi connectivity index (χ2v) is 4.05. The van der Waals surface area contributed by atoms with Crippen molar-refractivity contribution in [3.05, 3.63) is 22.2 Å². The number of ether oxygens (including phenoxy) is 1. The molecule has 1 aromatic rings. The van der Waals surface area contributed by atoms with Crippen LogP contribution in [0, 0.1) is 0 Å². The Morgan fingerprint density at radius 3 is 3.12 bits per heavy atom. The van der Waals surface area contributed by atoms with Gasteiger partial charge in [0.1, 0.15) is 11.6 Å². The Balaban J connectivity index is 2.14. The van der Waals surface area contributed by atoms with Crippen LogP contribution in [0.25, 0.3) is 0 Å². The Morgan fingerprint density at radius 1 is 1.69 bits per heavy atom. The molecule has 0 radical (unpaired) electrons. The lowest BCUT2D eigenvalue weighted by Crippen LogP contribution is -2.28. The summed E-state index contributed by atoms with van der Waals surface area (Å²) in [7, 11) is 0. The normalized spacial score (nSPS) is 24.6. The number of nitrogens with one attached hydrogen (secondary N) is 2. The summed E-state index contributed by atoms with van der Waals surface area (Å²) in [6.07, 6.45) is 1.85. The van der Waals surface area contributed by atoms with E-state index in [0.29, 0.717) is 11.6 Å². The van der Waals surface area contributed by atoms with E-state index in [4.69, 9.17) is 4.74 Å². The first-order chi connectivity index (χ1) is 7.69. The van der Waals surface area contributed by atoms with Crippen LogP contribution in [-0.2, 0) is 11.2 Å². The molecule has 1 fully saturated rings. The lowest BCUT2D eigenvalue weighted by atomic mass is 10.1. The number of aromatic nitrogens is 2. The number of anilines is 1. The molecule has 2 heterocycles. The van der Waals surface area contributed by atoms with Crippen LogP contribution in [0.3, 0.4) is 0 Å². The van der Waals surface area contributed by atoms with Gasteiger partial charge >= 0.3 is 0 Å². The number of rotatable bonds is 3. The van der Waals surface area contributed by atoms with Crippen molar-refractivity contribution in [2.45, 2.75) is 38.8 Å². The maximum Gasteiger partial charge on any atom is 0.252 e. The van der Waals surface area contributed by atoms with Crippen molar-refractivity contribution in [1.29, 1.82) is 0 Å². The number of aryl methyl sites for hydroxylation is 1. The van der Waals surface area contributed by atoms with Crippen LogP contribution in [0.5, 0.6) is 0 Å². The topological polar surface area (TPSA) is 67.0 Å². The van der Waals surface area contributed by atoms with Gasteiger partial charge in [0.2, 0.25) is 0 Å². The van der Waals surface area contributed by atoms with Gasteiger partial charge in [-0.15, -0.1) is 0 Å². The van der Waals surface area contributed by atoms with E-state index >= 15 is 0 Å². The number of nitrogens with zero attached hydrogens (tertiary/aromatic N) is 1. The highest BCUT2D eigenvalue weighted by molar-refractivity contribution is 5.35. The third-order valence-corrected chi connectivity index (χ3v) is 2.84. The number of aromatic amines is 1. The predicted molar refractivity (Wildman–Crippen MR) is 61.7 cm³/mol. The van der Waals surface area contributed by atoms with Crippen molar-refractivity contribution in [3.8, 4) is 0 Å². The molecule has 88 valence electrons. The standard InChI is InChI=1S/C11H17N3O2/c1-3-9-13-10(6-11(15)14-9)12-8-4-5-16-7(8)2/h6-8H,3-5H2,1-2H3,(H2,12,13,14,15). The maximum atomic E-state index is 11.4. The molecule has 1 aromatic heterocycles. The van der Waals surface area contributed by atoms with Gasteiger partial charge in [-0.25, -0.2) is 4.98 Å². The van der Waals surface area contributed by atoms with Crippen LogP contribution in [0.2, 0.25) is 0 Å². The molecule has 0 aromatic carbocycles. The zero-order valence-electron chi connectivity index (χ0n) is 9.62. The van der Waals surface area contributed by atoms with Gasteiger partial charge in [0.25, 0.3) is 5.56 Å². The van der Waals surface area contributed by atoms with E-state index in [-0.39, 0.29) is 17.7 Å². The summed E-state index contributed by atoms with van der Waals surface area (Å²) in [5.74, 6) is 1.35. The zero-order chi connectivity index (χ0) is 11.5. The van der Waals surface area contributed by atoms with Gasteiger partial charge in [0, 0.05) is 19.1 Å². The van der Waals surface area contributed by atoms with Gasteiger partial charge in [-0.05, 0) is 13.3 Å². The van der Waals surface area contributed by atoms with Crippen LogP contribution in [0.1, 0.15) is 26.1 Å². The summed E-state index contributed by atoms with van der Waals surface area (Å²) < 4.78 is 5.45. The summed E-state index contributed by atoms with van der Waals surface area (Å²) in [4.78, 5) is 18.4. The monoisotopic (exact) mass is 223 g/mol. The van der Waals surface area contributed by atoms with Crippen LogP contribution in [0.15, 0.2) is 10.9 Å². The van der Waals surface area contributed by atoms with Crippen LogP contribution in [0.4, 0.5) is 5.82 Å². The van der Waals surface area contributed by atoms with Gasteiger partial charge < -0.3 is 15.0 Å². The number of H-pyrrole nitrogens is 1. The molecule has 0 aliphatic carbocycles. The lowest BCUT2D eigenvalue weighted by Gasteiger charge is -2.16. The van der Waals surface area contributed by atoms with Gasteiger partial charge in [-0.1, -0.05) is 6.92 Å². The Morgan fingerprint density at radius 2 is 2.50 bits per heavy atom. The summed E-state index contributed by atoms with van der Waals surface area (Å²) in [6.45, 7) is 4.75. The molecule has 0 bridgehead atoms. The fourth-order valence-corrected chi connectivity index (χ4v) is 1.86. The molecule has 2 N–H and O–H groups in total. The molecule has 1 saturated heterocycles.